The van der Waals surface area contributed by atoms with Gasteiger partial charge >= 0.3 is 12.4 Å². The maximum Gasteiger partial charge on any atom is 0.433 e. The van der Waals surface area contributed by atoms with Gasteiger partial charge in [-0.3, -0.25) is 9.78 Å². The smallest absolute Gasteiger partial charge is 0.433 e. The van der Waals surface area contributed by atoms with Crippen LogP contribution in [0.25, 0.3) is 0 Å². The van der Waals surface area contributed by atoms with E-state index in [1.54, 1.807) is 0 Å². The number of ether oxygens (including phenoxy) is 1. The Morgan fingerprint density at radius 3 is 2.10 bits per heavy atom. The normalized spacial score (nSPS) is 19.9. The van der Waals surface area contributed by atoms with Crippen LogP contribution in [0.1, 0.15) is 47.3 Å². The molecular weight excluding hydrogens is 416 g/mol. The van der Waals surface area contributed by atoms with E-state index in [-0.39, 0.29) is 23.6 Å². The second-order valence-electron chi connectivity index (χ2n) is 6.88. The number of hydrogen-bond acceptors (Lipinski definition) is 4. The Bertz CT molecular complexity index is 858. The third-order valence-electron chi connectivity index (χ3n) is 4.68. The molecule has 5 nitrogen and oxygen atoms in total. The first-order valence-electron chi connectivity index (χ1n) is 9.06. The Balaban J connectivity index is 1.48. The van der Waals surface area contributed by atoms with Crippen molar-refractivity contribution in [1.29, 1.82) is 0 Å². The van der Waals surface area contributed by atoms with E-state index in [9.17, 15) is 31.1 Å². The highest BCUT2D eigenvalue weighted by atomic mass is 19.4. The lowest BCUT2D eigenvalue weighted by Crippen LogP contribution is -2.39. The number of amides is 1. The van der Waals surface area contributed by atoms with Crippen molar-refractivity contribution >= 4 is 5.91 Å². The molecule has 1 amide bonds. The first kappa shape index (κ1) is 21.8. The zero-order valence-corrected chi connectivity index (χ0v) is 15.4. The van der Waals surface area contributed by atoms with Gasteiger partial charge in [0.15, 0.2) is 0 Å². The molecule has 0 aromatic carbocycles. The molecule has 0 unspecified atom stereocenters. The van der Waals surface area contributed by atoms with Gasteiger partial charge in [0.2, 0.25) is 5.88 Å². The van der Waals surface area contributed by atoms with Gasteiger partial charge in [0.05, 0.1) is 11.1 Å². The van der Waals surface area contributed by atoms with Crippen molar-refractivity contribution in [3.63, 3.8) is 0 Å². The Labute approximate surface area is 167 Å². The lowest BCUT2D eigenvalue weighted by atomic mass is 9.92. The first-order valence-corrected chi connectivity index (χ1v) is 9.06. The molecule has 0 atom stereocenters. The van der Waals surface area contributed by atoms with Gasteiger partial charge in [-0.15, -0.1) is 0 Å². The minimum atomic E-state index is -4.57. The second kappa shape index (κ2) is 8.49. The zero-order valence-electron chi connectivity index (χ0n) is 15.4. The molecule has 1 fully saturated rings. The number of nitrogens with one attached hydrogen (secondary N) is 1. The lowest BCUT2D eigenvalue weighted by Gasteiger charge is -2.29. The molecule has 0 saturated heterocycles. The number of hydrogen-bond donors (Lipinski definition) is 1. The van der Waals surface area contributed by atoms with Crippen LogP contribution in [0, 0.1) is 0 Å². The molecule has 0 radical (unpaired) electrons. The van der Waals surface area contributed by atoms with Crippen molar-refractivity contribution < 1.29 is 35.9 Å². The predicted octanol–water partition coefficient (Wildman–Crippen LogP) is 4.63. The number of rotatable bonds is 4. The van der Waals surface area contributed by atoms with E-state index in [1.165, 1.54) is 0 Å². The summed E-state index contributed by atoms with van der Waals surface area (Å²) in [6, 6.07) is 3.67. The van der Waals surface area contributed by atoms with Crippen LogP contribution >= 0.6 is 0 Å². The van der Waals surface area contributed by atoms with E-state index >= 15 is 0 Å². The summed E-state index contributed by atoms with van der Waals surface area (Å²) in [5.74, 6) is -0.434. The summed E-state index contributed by atoms with van der Waals surface area (Å²) in [5.41, 5.74) is -1.91. The van der Waals surface area contributed by atoms with E-state index in [2.05, 4.69) is 15.3 Å². The molecule has 2 heterocycles. The van der Waals surface area contributed by atoms with Gasteiger partial charge in [-0.25, -0.2) is 4.98 Å². The average Bonchev–Trinajstić information content (AvgIpc) is 2.68. The van der Waals surface area contributed by atoms with Gasteiger partial charge in [0.25, 0.3) is 5.91 Å². The summed E-state index contributed by atoms with van der Waals surface area (Å²) in [6.45, 7) is 0. The van der Waals surface area contributed by atoms with Crippen molar-refractivity contribution in [3.8, 4) is 5.88 Å². The molecule has 30 heavy (non-hydrogen) atoms. The highest BCUT2D eigenvalue weighted by Crippen LogP contribution is 2.30. The van der Waals surface area contributed by atoms with Crippen LogP contribution in [0.3, 0.4) is 0 Å². The van der Waals surface area contributed by atoms with Crippen molar-refractivity contribution in [2.24, 2.45) is 0 Å². The standard InChI is InChI=1S/C19H17F6N3O2/c20-18(21,22)12-2-8-16(27-10-12)30-14-5-3-13(4-6-14)28-17(29)11-1-7-15(26-9-11)19(23,24)25/h1-2,7-10,13-14H,3-6H2,(H,28,29). The van der Waals surface area contributed by atoms with Gasteiger partial charge in [-0.05, 0) is 43.9 Å². The molecule has 1 aliphatic carbocycles. The van der Waals surface area contributed by atoms with E-state index in [4.69, 9.17) is 4.74 Å². The molecule has 2 aromatic rings. The van der Waals surface area contributed by atoms with Crippen molar-refractivity contribution in [2.45, 2.75) is 50.2 Å². The van der Waals surface area contributed by atoms with Gasteiger partial charge in [0.1, 0.15) is 11.8 Å². The number of alkyl halides is 6. The zero-order chi connectivity index (χ0) is 21.9. The molecular formula is C19H17F6N3O2. The van der Waals surface area contributed by atoms with Gasteiger partial charge < -0.3 is 10.1 Å². The number of carbonyl (C=O) groups is 1. The summed E-state index contributed by atoms with van der Waals surface area (Å²) in [4.78, 5) is 19.1. The van der Waals surface area contributed by atoms with Gasteiger partial charge in [-0.1, -0.05) is 0 Å². The number of carbonyl (C=O) groups excluding carboxylic acids is 1. The number of nitrogens with zero attached hydrogens (tertiary/aromatic N) is 2. The predicted molar refractivity (Wildman–Crippen MR) is 92.6 cm³/mol. The molecule has 1 saturated carbocycles. The molecule has 0 aliphatic heterocycles. The second-order valence-corrected chi connectivity index (χ2v) is 6.88. The van der Waals surface area contributed by atoms with Crippen LogP contribution in [0.2, 0.25) is 0 Å². The lowest BCUT2D eigenvalue weighted by molar-refractivity contribution is -0.141. The number of halogens is 6. The monoisotopic (exact) mass is 433 g/mol. The SMILES string of the molecule is O=C(NC1CCC(Oc2ccc(C(F)(F)F)cn2)CC1)c1ccc(C(F)(F)F)nc1. The average molecular weight is 433 g/mol. The van der Waals surface area contributed by atoms with Crippen LogP contribution < -0.4 is 10.1 Å². The van der Waals surface area contributed by atoms with E-state index in [0.29, 0.717) is 31.9 Å². The van der Waals surface area contributed by atoms with Crippen molar-refractivity contribution in [3.05, 3.63) is 53.5 Å². The van der Waals surface area contributed by atoms with Crippen LogP contribution in [0.15, 0.2) is 36.7 Å². The quantitative estimate of drug-likeness (QED) is 0.714. The molecule has 11 heteroatoms. The summed E-state index contributed by atoms with van der Waals surface area (Å²) in [5, 5.41) is 2.75. The highest BCUT2D eigenvalue weighted by Gasteiger charge is 2.33. The van der Waals surface area contributed by atoms with Crippen LogP contribution in [-0.2, 0) is 12.4 Å². The fourth-order valence-corrected chi connectivity index (χ4v) is 3.08. The van der Waals surface area contributed by atoms with Gasteiger partial charge in [-0.2, -0.15) is 26.3 Å². The minimum Gasteiger partial charge on any atom is -0.474 e. The largest absolute Gasteiger partial charge is 0.474 e. The third-order valence-corrected chi connectivity index (χ3v) is 4.68. The Morgan fingerprint density at radius 2 is 1.60 bits per heavy atom. The molecule has 162 valence electrons. The summed E-state index contributed by atoms with van der Waals surface area (Å²) >= 11 is 0. The third kappa shape index (κ3) is 5.61. The molecule has 2 aromatic heterocycles. The summed E-state index contributed by atoms with van der Waals surface area (Å²) in [7, 11) is 0. The fourth-order valence-electron chi connectivity index (χ4n) is 3.08. The molecule has 3 rings (SSSR count). The van der Waals surface area contributed by atoms with Crippen LogP contribution in [0.5, 0.6) is 5.88 Å². The highest BCUT2D eigenvalue weighted by molar-refractivity contribution is 5.94. The maximum absolute atomic E-state index is 12.6. The molecule has 1 aliphatic rings. The van der Waals surface area contributed by atoms with Crippen molar-refractivity contribution in [2.75, 3.05) is 0 Å². The van der Waals surface area contributed by atoms with E-state index < -0.39 is 29.5 Å². The summed E-state index contributed by atoms with van der Waals surface area (Å²) < 4.78 is 80.8. The Morgan fingerprint density at radius 1 is 0.900 bits per heavy atom. The van der Waals surface area contributed by atoms with Crippen LogP contribution in [0.4, 0.5) is 26.3 Å². The fraction of sp³-hybridized carbons (Fsp3) is 0.421. The first-order chi connectivity index (χ1) is 14.0. The maximum atomic E-state index is 12.6. The summed E-state index contributed by atoms with van der Waals surface area (Å²) in [6.07, 6.45) is -5.54. The van der Waals surface area contributed by atoms with E-state index in [0.717, 1.165) is 30.5 Å². The molecule has 0 bridgehead atoms. The van der Waals surface area contributed by atoms with Crippen LogP contribution in [-0.4, -0.2) is 28.0 Å². The number of aromatic nitrogens is 2. The molecule has 0 spiro atoms. The topological polar surface area (TPSA) is 64.1 Å². The van der Waals surface area contributed by atoms with Crippen molar-refractivity contribution in [1.82, 2.24) is 15.3 Å². The Kier molecular flexibility index (Phi) is 6.18. The van der Waals surface area contributed by atoms with Gasteiger partial charge in [0, 0.05) is 24.5 Å². The number of pyridine rings is 2. The minimum absolute atomic E-state index is 0.0235. The molecule has 1 N–H and O–H groups in total. The Hall–Kier alpha value is -2.85. The van der Waals surface area contributed by atoms with E-state index in [1.807, 2.05) is 0 Å².